The van der Waals surface area contributed by atoms with Gasteiger partial charge in [0, 0.05) is 15.5 Å². The van der Waals surface area contributed by atoms with E-state index in [1.807, 2.05) is 18.2 Å². The lowest BCUT2D eigenvalue weighted by Crippen LogP contribution is -2.38. The predicted octanol–water partition coefficient (Wildman–Crippen LogP) is 7.32. The minimum absolute atomic E-state index is 0.0343. The lowest BCUT2D eigenvalue weighted by Gasteiger charge is -2.34. The van der Waals surface area contributed by atoms with E-state index in [-0.39, 0.29) is 11.3 Å². The van der Waals surface area contributed by atoms with Gasteiger partial charge in [-0.15, -0.1) is 11.3 Å². The van der Waals surface area contributed by atoms with Gasteiger partial charge in [0.15, 0.2) is 6.17 Å². The number of hydrogen-bond donors (Lipinski definition) is 2. The Balaban J connectivity index is 1.42. The molecule has 2 atom stereocenters. The fourth-order valence-corrected chi connectivity index (χ4v) is 6.38. The van der Waals surface area contributed by atoms with Crippen LogP contribution in [0.3, 0.4) is 0 Å². The highest BCUT2D eigenvalue weighted by molar-refractivity contribution is 7.16. The van der Waals surface area contributed by atoms with E-state index < -0.39 is 6.17 Å². The van der Waals surface area contributed by atoms with Crippen molar-refractivity contribution in [3.63, 3.8) is 0 Å². The third-order valence-corrected chi connectivity index (χ3v) is 8.11. The first-order valence-electron chi connectivity index (χ1n) is 10.5. The third-order valence-electron chi connectivity index (χ3n) is 6.38. The highest BCUT2D eigenvalue weighted by atomic mass is 35.5. The molecular formula is C24H24Cl2N2O2S. The minimum Gasteiger partial charge on any atom is -0.457 e. The largest absolute Gasteiger partial charge is 0.457 e. The molecule has 7 heteroatoms. The monoisotopic (exact) mass is 474 g/mol. The number of fused-ring (bicyclic) bond motifs is 3. The average Bonchev–Trinajstić information content (AvgIpc) is 3.31. The number of furan rings is 1. The standard InChI is InChI=1S/C24H24Cl2N2O2S/c1-24(2,3)12-4-6-15-19(10-12)31-23-20(15)22(29)27-21(28-23)18-9-8-17(30-18)14-7-5-13(25)11-16(14)26/h5,7-9,11-12,21,28H,4,6,10H2,1-3H3,(H,27,29)/t12-,21-/m0/s1. The Labute approximate surface area is 195 Å². The Morgan fingerprint density at radius 1 is 1.13 bits per heavy atom. The second-order valence-corrected chi connectivity index (χ2v) is 11.3. The number of anilines is 1. The molecule has 2 aliphatic rings. The zero-order valence-corrected chi connectivity index (χ0v) is 20.0. The summed E-state index contributed by atoms with van der Waals surface area (Å²) in [6, 6.07) is 9.03. The number of rotatable bonds is 2. The second kappa shape index (κ2) is 7.58. The van der Waals surface area contributed by atoms with Crippen molar-refractivity contribution in [1.29, 1.82) is 0 Å². The summed E-state index contributed by atoms with van der Waals surface area (Å²) < 4.78 is 6.06. The van der Waals surface area contributed by atoms with Crippen LogP contribution in [0.1, 0.15) is 59.9 Å². The minimum atomic E-state index is -0.418. The molecule has 1 amide bonds. The van der Waals surface area contributed by atoms with Crippen molar-refractivity contribution < 1.29 is 9.21 Å². The van der Waals surface area contributed by atoms with Crippen LogP contribution in [0.15, 0.2) is 34.7 Å². The van der Waals surface area contributed by atoms with Gasteiger partial charge in [0.05, 0.1) is 10.6 Å². The van der Waals surface area contributed by atoms with Crippen LogP contribution in [0, 0.1) is 11.3 Å². The van der Waals surface area contributed by atoms with Gasteiger partial charge in [-0.2, -0.15) is 0 Å². The Kier molecular flexibility index (Phi) is 5.11. The summed E-state index contributed by atoms with van der Waals surface area (Å²) in [7, 11) is 0. The molecule has 0 radical (unpaired) electrons. The average molecular weight is 475 g/mol. The number of halogens is 2. The van der Waals surface area contributed by atoms with Crippen molar-refractivity contribution in [3.8, 4) is 11.3 Å². The molecule has 162 valence electrons. The molecule has 0 saturated carbocycles. The van der Waals surface area contributed by atoms with Gasteiger partial charge in [0.2, 0.25) is 0 Å². The smallest absolute Gasteiger partial charge is 0.256 e. The highest BCUT2D eigenvalue weighted by Crippen LogP contribution is 2.46. The summed E-state index contributed by atoms with van der Waals surface area (Å²) >= 11 is 14.0. The molecule has 5 rings (SSSR count). The zero-order valence-electron chi connectivity index (χ0n) is 17.6. The molecule has 0 bridgehead atoms. The maximum atomic E-state index is 13.0. The van der Waals surface area contributed by atoms with Crippen LogP contribution in [0.4, 0.5) is 5.00 Å². The molecule has 0 saturated heterocycles. The normalized spacial score (nSPS) is 20.6. The summed E-state index contributed by atoms with van der Waals surface area (Å²) in [6.45, 7) is 6.91. The van der Waals surface area contributed by atoms with Gasteiger partial charge in [-0.3, -0.25) is 4.79 Å². The molecule has 3 aromatic rings. The van der Waals surface area contributed by atoms with Gasteiger partial charge in [-0.1, -0.05) is 44.0 Å². The van der Waals surface area contributed by atoms with Gasteiger partial charge >= 0.3 is 0 Å². The predicted molar refractivity (Wildman–Crippen MR) is 127 cm³/mol. The van der Waals surface area contributed by atoms with Gasteiger partial charge in [-0.25, -0.2) is 0 Å². The van der Waals surface area contributed by atoms with Crippen LogP contribution in [0.2, 0.25) is 10.0 Å². The van der Waals surface area contributed by atoms with E-state index >= 15 is 0 Å². The second-order valence-electron chi connectivity index (χ2n) is 9.39. The first-order chi connectivity index (χ1) is 14.7. The summed E-state index contributed by atoms with van der Waals surface area (Å²) in [5, 5.41) is 8.58. The summed E-state index contributed by atoms with van der Waals surface area (Å²) in [5.74, 6) is 1.87. The zero-order chi connectivity index (χ0) is 21.9. The Morgan fingerprint density at radius 3 is 2.68 bits per heavy atom. The van der Waals surface area contributed by atoms with Crippen molar-refractivity contribution in [2.75, 3.05) is 5.32 Å². The number of carbonyl (C=O) groups is 1. The summed E-state index contributed by atoms with van der Waals surface area (Å²) in [5.41, 5.74) is 3.07. The van der Waals surface area contributed by atoms with E-state index in [9.17, 15) is 4.79 Å². The number of amides is 1. The Morgan fingerprint density at radius 2 is 1.94 bits per heavy atom. The molecule has 1 aromatic carbocycles. The van der Waals surface area contributed by atoms with E-state index in [4.69, 9.17) is 27.6 Å². The molecule has 3 heterocycles. The highest BCUT2D eigenvalue weighted by Gasteiger charge is 2.37. The van der Waals surface area contributed by atoms with E-state index in [1.54, 1.807) is 23.5 Å². The quantitative estimate of drug-likeness (QED) is 0.408. The molecule has 0 fully saturated rings. The van der Waals surface area contributed by atoms with E-state index in [0.29, 0.717) is 27.5 Å². The molecule has 0 unspecified atom stereocenters. The van der Waals surface area contributed by atoms with Crippen LogP contribution in [-0.4, -0.2) is 5.91 Å². The van der Waals surface area contributed by atoms with Crippen LogP contribution >= 0.6 is 34.5 Å². The van der Waals surface area contributed by atoms with E-state index in [1.165, 1.54) is 10.4 Å². The van der Waals surface area contributed by atoms with Gasteiger partial charge in [-0.05, 0) is 66.5 Å². The number of carbonyl (C=O) groups excluding carboxylic acids is 1. The van der Waals surface area contributed by atoms with Crippen molar-refractivity contribution in [2.45, 2.75) is 46.2 Å². The topological polar surface area (TPSA) is 54.3 Å². The molecule has 2 N–H and O–H groups in total. The van der Waals surface area contributed by atoms with Gasteiger partial charge in [0.25, 0.3) is 5.91 Å². The van der Waals surface area contributed by atoms with Gasteiger partial charge < -0.3 is 15.1 Å². The SMILES string of the molecule is CC(C)(C)[C@H]1CCc2c(sc3c2C(=O)N[C@H](c2ccc(-c4ccc(Cl)cc4Cl)o2)N3)C1. The lowest BCUT2D eigenvalue weighted by molar-refractivity contribution is 0.0930. The van der Waals surface area contributed by atoms with Crippen LogP contribution < -0.4 is 10.6 Å². The molecular weight excluding hydrogens is 451 g/mol. The molecule has 4 nitrogen and oxygen atoms in total. The molecule has 1 aliphatic heterocycles. The maximum absolute atomic E-state index is 13.0. The maximum Gasteiger partial charge on any atom is 0.256 e. The van der Waals surface area contributed by atoms with Crippen LogP contribution in [-0.2, 0) is 12.8 Å². The molecule has 0 spiro atoms. The number of nitrogens with one attached hydrogen (secondary N) is 2. The summed E-state index contributed by atoms with van der Waals surface area (Å²) in [6.07, 6.45) is 2.71. The Bertz CT molecular complexity index is 1170. The lowest BCUT2D eigenvalue weighted by atomic mass is 9.72. The van der Waals surface area contributed by atoms with E-state index in [0.717, 1.165) is 35.4 Å². The first-order valence-corrected chi connectivity index (χ1v) is 12.0. The van der Waals surface area contributed by atoms with Crippen molar-refractivity contribution in [3.05, 3.63) is 62.1 Å². The fourth-order valence-electron chi connectivity index (χ4n) is 4.52. The van der Waals surface area contributed by atoms with Crippen molar-refractivity contribution >= 4 is 45.4 Å². The van der Waals surface area contributed by atoms with Crippen LogP contribution in [0.5, 0.6) is 0 Å². The van der Waals surface area contributed by atoms with Crippen molar-refractivity contribution in [2.24, 2.45) is 11.3 Å². The fraction of sp³-hybridized carbons (Fsp3) is 0.375. The van der Waals surface area contributed by atoms with Crippen molar-refractivity contribution in [1.82, 2.24) is 5.32 Å². The number of hydrogen-bond acceptors (Lipinski definition) is 4. The third kappa shape index (κ3) is 3.77. The number of benzene rings is 1. The van der Waals surface area contributed by atoms with E-state index in [2.05, 4.69) is 31.4 Å². The first kappa shape index (κ1) is 20.9. The number of thiophene rings is 1. The Hall–Kier alpha value is -1.95. The summed E-state index contributed by atoms with van der Waals surface area (Å²) in [4.78, 5) is 14.4. The van der Waals surface area contributed by atoms with Gasteiger partial charge in [0.1, 0.15) is 16.5 Å². The molecule has 1 aliphatic carbocycles. The van der Waals surface area contributed by atoms with Crippen LogP contribution in [0.25, 0.3) is 11.3 Å². The molecule has 31 heavy (non-hydrogen) atoms. The molecule has 2 aromatic heterocycles.